The van der Waals surface area contributed by atoms with Gasteiger partial charge in [0.15, 0.2) is 0 Å². The molecule has 1 aliphatic rings. The van der Waals surface area contributed by atoms with Crippen LogP contribution in [0.15, 0.2) is 67.0 Å². The van der Waals surface area contributed by atoms with E-state index in [0.717, 1.165) is 54.5 Å². The number of anilines is 1. The van der Waals surface area contributed by atoms with Gasteiger partial charge in [-0.3, -0.25) is 4.79 Å². The number of hydrogen-bond donors (Lipinski definition) is 2. The number of imidazole rings is 1. The van der Waals surface area contributed by atoms with Crippen LogP contribution in [0.1, 0.15) is 54.0 Å². The van der Waals surface area contributed by atoms with Crippen LogP contribution in [0.4, 0.5) is 5.82 Å². The Morgan fingerprint density at radius 3 is 2.79 bits per heavy atom. The Labute approximate surface area is 236 Å². The Morgan fingerprint density at radius 2 is 1.95 bits per heavy atom. The SMILES string of the molecule is C[C@@H](Nc1ncnc2cc(C(=O)N3CCC[C@H]3CCc3ccccc3)c(Cl)cc12)c1nc2ccc(Cl)cc2[nH]1. The summed E-state index contributed by atoms with van der Waals surface area (Å²) in [6.07, 6.45) is 5.38. The van der Waals surface area contributed by atoms with Crippen molar-refractivity contribution >= 4 is 56.9 Å². The first kappa shape index (κ1) is 25.6. The first-order valence-electron chi connectivity index (χ1n) is 13.2. The van der Waals surface area contributed by atoms with E-state index >= 15 is 0 Å². The smallest absolute Gasteiger partial charge is 0.255 e. The summed E-state index contributed by atoms with van der Waals surface area (Å²) in [5, 5.41) is 5.20. The number of likely N-dealkylation sites (tertiary alicyclic amines) is 1. The molecule has 3 aromatic carbocycles. The van der Waals surface area contributed by atoms with E-state index in [-0.39, 0.29) is 18.0 Å². The van der Waals surface area contributed by atoms with Crippen molar-refractivity contribution < 1.29 is 4.79 Å². The van der Waals surface area contributed by atoms with Gasteiger partial charge in [-0.15, -0.1) is 0 Å². The van der Waals surface area contributed by atoms with E-state index in [4.69, 9.17) is 23.2 Å². The van der Waals surface area contributed by atoms with Crippen molar-refractivity contribution in [2.75, 3.05) is 11.9 Å². The van der Waals surface area contributed by atoms with Crippen LogP contribution in [0.2, 0.25) is 10.0 Å². The van der Waals surface area contributed by atoms with Gasteiger partial charge in [0.25, 0.3) is 5.91 Å². The molecule has 0 bridgehead atoms. The van der Waals surface area contributed by atoms with E-state index in [1.807, 2.05) is 36.1 Å². The van der Waals surface area contributed by atoms with E-state index in [2.05, 4.69) is 49.5 Å². The number of aromatic amines is 1. The lowest BCUT2D eigenvalue weighted by Gasteiger charge is -2.25. The molecule has 5 aromatic rings. The summed E-state index contributed by atoms with van der Waals surface area (Å²) in [5.41, 5.74) is 4.13. The van der Waals surface area contributed by atoms with Gasteiger partial charge < -0.3 is 15.2 Å². The number of benzene rings is 3. The molecule has 2 atom stereocenters. The maximum atomic E-state index is 13.7. The van der Waals surface area contributed by atoms with Crippen LogP contribution < -0.4 is 5.32 Å². The number of aryl methyl sites for hydroxylation is 1. The van der Waals surface area contributed by atoms with Crippen LogP contribution in [0, 0.1) is 0 Å². The summed E-state index contributed by atoms with van der Waals surface area (Å²) in [6.45, 7) is 2.74. The third kappa shape index (κ3) is 5.29. The van der Waals surface area contributed by atoms with Crippen molar-refractivity contribution in [3.8, 4) is 0 Å². The molecule has 0 aliphatic carbocycles. The van der Waals surface area contributed by atoms with Gasteiger partial charge in [-0.05, 0) is 68.5 Å². The molecule has 3 heterocycles. The number of H-pyrrole nitrogens is 1. The van der Waals surface area contributed by atoms with Crippen LogP contribution in [0.5, 0.6) is 0 Å². The van der Waals surface area contributed by atoms with Gasteiger partial charge in [0.05, 0.1) is 33.2 Å². The second kappa shape index (κ2) is 10.8. The largest absolute Gasteiger partial charge is 0.360 e. The molecule has 7 nitrogen and oxygen atoms in total. The zero-order valence-corrected chi connectivity index (χ0v) is 23.0. The molecule has 0 saturated carbocycles. The molecule has 198 valence electrons. The molecule has 39 heavy (non-hydrogen) atoms. The highest BCUT2D eigenvalue weighted by molar-refractivity contribution is 6.35. The fourth-order valence-electron chi connectivity index (χ4n) is 5.37. The van der Waals surface area contributed by atoms with Gasteiger partial charge >= 0.3 is 0 Å². The Bertz CT molecular complexity index is 1650. The van der Waals surface area contributed by atoms with Crippen molar-refractivity contribution in [2.24, 2.45) is 0 Å². The summed E-state index contributed by atoms with van der Waals surface area (Å²) >= 11 is 12.9. The van der Waals surface area contributed by atoms with E-state index in [1.165, 1.54) is 11.9 Å². The second-order valence-electron chi connectivity index (χ2n) is 10.0. The number of halogens is 2. The lowest BCUT2D eigenvalue weighted by Crippen LogP contribution is -2.36. The van der Waals surface area contributed by atoms with Crippen molar-refractivity contribution in [3.63, 3.8) is 0 Å². The molecule has 9 heteroatoms. The topological polar surface area (TPSA) is 86.8 Å². The van der Waals surface area contributed by atoms with Gasteiger partial charge in [-0.25, -0.2) is 15.0 Å². The summed E-state index contributed by atoms with van der Waals surface area (Å²) in [6, 6.07) is 19.6. The van der Waals surface area contributed by atoms with E-state index < -0.39 is 0 Å². The quantitative estimate of drug-likeness (QED) is 0.220. The minimum absolute atomic E-state index is 0.0418. The third-order valence-corrected chi connectivity index (χ3v) is 7.98. The highest BCUT2D eigenvalue weighted by atomic mass is 35.5. The fourth-order valence-corrected chi connectivity index (χ4v) is 5.79. The maximum Gasteiger partial charge on any atom is 0.255 e. The van der Waals surface area contributed by atoms with Gasteiger partial charge in [0.1, 0.15) is 18.0 Å². The fraction of sp³-hybridized carbons (Fsp3) is 0.267. The van der Waals surface area contributed by atoms with E-state index in [0.29, 0.717) is 26.9 Å². The number of nitrogens with zero attached hydrogens (tertiary/aromatic N) is 4. The number of rotatable bonds is 7. The Balaban J connectivity index is 1.22. The molecule has 1 aliphatic heterocycles. The zero-order valence-electron chi connectivity index (χ0n) is 21.5. The number of carbonyl (C=O) groups is 1. The minimum atomic E-state index is -0.177. The average Bonchev–Trinajstić information content (AvgIpc) is 3.59. The summed E-state index contributed by atoms with van der Waals surface area (Å²) < 4.78 is 0. The average molecular weight is 560 g/mol. The summed E-state index contributed by atoms with van der Waals surface area (Å²) in [5.74, 6) is 1.33. The number of nitrogens with one attached hydrogen (secondary N) is 2. The first-order valence-corrected chi connectivity index (χ1v) is 13.9. The lowest BCUT2D eigenvalue weighted by molar-refractivity contribution is 0.0731. The standard InChI is InChI=1S/C30H28Cl2N6O/c1-18(28-36-25-12-10-20(31)14-27(25)37-28)35-29-23-15-24(32)22(16-26(23)33-17-34-29)30(39)38-13-5-8-21(38)11-9-19-6-3-2-4-7-19/h2-4,6-7,10,12,14-18,21H,5,8-9,11,13H2,1H3,(H,36,37)(H,33,34,35)/t18-,21+/m1/s1. The van der Waals surface area contributed by atoms with E-state index in [1.54, 1.807) is 12.1 Å². The highest BCUT2D eigenvalue weighted by Gasteiger charge is 2.30. The predicted octanol–water partition coefficient (Wildman–Crippen LogP) is 7.22. The van der Waals surface area contributed by atoms with Crippen LogP contribution in [-0.4, -0.2) is 43.3 Å². The molecule has 0 unspecified atom stereocenters. The molecule has 2 aromatic heterocycles. The maximum absolute atomic E-state index is 13.7. The van der Waals surface area contributed by atoms with Crippen LogP contribution >= 0.6 is 23.2 Å². The first-order chi connectivity index (χ1) is 19.0. The molecule has 2 N–H and O–H groups in total. The number of fused-ring (bicyclic) bond motifs is 2. The van der Waals surface area contributed by atoms with Gasteiger partial charge in [0, 0.05) is 23.0 Å². The number of amides is 1. The normalized spacial score (nSPS) is 16.2. The third-order valence-electron chi connectivity index (χ3n) is 7.43. The van der Waals surface area contributed by atoms with Crippen molar-refractivity contribution in [1.29, 1.82) is 0 Å². The van der Waals surface area contributed by atoms with Crippen LogP contribution in [-0.2, 0) is 6.42 Å². The Hall–Kier alpha value is -3.68. The zero-order chi connectivity index (χ0) is 26.9. The molecule has 0 spiro atoms. The molecular weight excluding hydrogens is 531 g/mol. The highest BCUT2D eigenvalue weighted by Crippen LogP contribution is 2.32. The Morgan fingerprint density at radius 1 is 1.10 bits per heavy atom. The van der Waals surface area contributed by atoms with Gasteiger partial charge in [-0.1, -0.05) is 53.5 Å². The number of aromatic nitrogens is 4. The van der Waals surface area contributed by atoms with E-state index in [9.17, 15) is 4.79 Å². The van der Waals surface area contributed by atoms with Crippen molar-refractivity contribution in [3.05, 3.63) is 94.0 Å². The molecular formula is C30H28Cl2N6O. The lowest BCUT2D eigenvalue weighted by atomic mass is 10.0. The van der Waals surface area contributed by atoms with Crippen molar-refractivity contribution in [1.82, 2.24) is 24.8 Å². The number of hydrogen-bond acceptors (Lipinski definition) is 5. The summed E-state index contributed by atoms with van der Waals surface area (Å²) in [7, 11) is 0. The minimum Gasteiger partial charge on any atom is -0.360 e. The molecule has 1 saturated heterocycles. The van der Waals surface area contributed by atoms with Crippen LogP contribution in [0.25, 0.3) is 21.9 Å². The van der Waals surface area contributed by atoms with Crippen LogP contribution in [0.3, 0.4) is 0 Å². The molecule has 1 amide bonds. The monoisotopic (exact) mass is 558 g/mol. The second-order valence-corrected chi connectivity index (χ2v) is 10.9. The molecule has 0 radical (unpaired) electrons. The summed E-state index contributed by atoms with van der Waals surface area (Å²) in [4.78, 5) is 32.5. The predicted molar refractivity (Wildman–Crippen MR) is 157 cm³/mol. The molecule has 1 fully saturated rings. The van der Waals surface area contributed by atoms with Gasteiger partial charge in [-0.2, -0.15) is 0 Å². The molecule has 6 rings (SSSR count). The number of carbonyl (C=O) groups excluding carboxylic acids is 1. The van der Waals surface area contributed by atoms with Gasteiger partial charge in [0.2, 0.25) is 0 Å². The Kier molecular flexibility index (Phi) is 7.11. The van der Waals surface area contributed by atoms with Crippen molar-refractivity contribution in [2.45, 2.75) is 44.7 Å².